The minimum atomic E-state index is -1.14. The van der Waals surface area contributed by atoms with E-state index in [4.69, 9.17) is 14.2 Å². The Kier molecular flexibility index (Phi) is 42.2. The maximum absolute atomic E-state index is 12.8. The second-order valence-electron chi connectivity index (χ2n) is 17.3. The Morgan fingerprint density at radius 3 is 1.37 bits per heavy atom. The number of carboxylic acids is 1. The fourth-order valence-electron chi connectivity index (χ4n) is 6.64. The highest BCUT2D eigenvalue weighted by molar-refractivity contribution is 5.70. The zero-order chi connectivity index (χ0) is 46.3. The summed E-state index contributed by atoms with van der Waals surface area (Å²) < 4.78 is 17.2. The summed E-state index contributed by atoms with van der Waals surface area (Å²) in [4.78, 5) is 37.0. The number of carbonyl (C=O) groups is 3. The molecule has 0 amide bonds. The van der Waals surface area contributed by atoms with Crippen LogP contribution in [0.2, 0.25) is 0 Å². The van der Waals surface area contributed by atoms with Crippen LogP contribution in [0.5, 0.6) is 0 Å². The monoisotopic (exact) mass is 878 g/mol. The van der Waals surface area contributed by atoms with Crippen molar-refractivity contribution in [1.82, 2.24) is 0 Å². The molecule has 0 bridgehead atoms. The fraction of sp³-hybridized carbons (Fsp3) is 0.655. The number of unbranched alkanes of at least 4 members (excludes halogenated alkanes) is 13. The molecule has 0 aliphatic heterocycles. The predicted octanol–water partition coefficient (Wildman–Crippen LogP) is 12.9. The maximum atomic E-state index is 12.8. The van der Waals surface area contributed by atoms with E-state index in [2.05, 4.69) is 111 Å². The summed E-state index contributed by atoms with van der Waals surface area (Å²) in [6.07, 6.45) is 60.1. The standard InChI is InChI=1S/C55H91NO7/c1-6-8-10-12-14-16-18-20-22-24-25-26-27-28-30-32-34-36-38-40-42-44-46-54(58)63-51(49-61-48-47-52(55(59)60)56(3,4)5)50-62-53(57)45-43-41-39-37-35-33-31-29-23-21-19-17-15-13-11-9-7-2/h9,11,14-17,20-23,25-26,31,33,37,39,51-52H,6-8,10,12-13,18-19,24,27-30,32,34-36,38,40-50H2,1-5H3/b11-9+,16-14+,17-15+,22-20+,23-21+,26-25+,33-31+,39-37+. The molecule has 0 spiro atoms. The van der Waals surface area contributed by atoms with E-state index in [9.17, 15) is 19.5 Å². The van der Waals surface area contributed by atoms with Gasteiger partial charge in [0.1, 0.15) is 12.6 Å². The Hall–Kier alpha value is -3.75. The Labute approximate surface area is 386 Å². The summed E-state index contributed by atoms with van der Waals surface area (Å²) in [7, 11) is 5.38. The number of carbonyl (C=O) groups excluding carboxylic acids is 3. The number of quaternary nitrogens is 1. The molecule has 0 aliphatic carbocycles. The van der Waals surface area contributed by atoms with Crippen LogP contribution in [0.4, 0.5) is 0 Å². The first kappa shape index (κ1) is 59.2. The molecule has 8 heteroatoms. The number of allylic oxidation sites excluding steroid dienone is 16. The van der Waals surface area contributed by atoms with Gasteiger partial charge in [0.15, 0.2) is 6.10 Å². The summed E-state index contributed by atoms with van der Waals surface area (Å²) in [6, 6.07) is -0.741. The smallest absolute Gasteiger partial charge is 0.306 e. The van der Waals surface area contributed by atoms with Gasteiger partial charge in [0.2, 0.25) is 0 Å². The molecule has 358 valence electrons. The number of nitrogens with zero attached hydrogens (tertiary/aromatic N) is 1. The van der Waals surface area contributed by atoms with Gasteiger partial charge < -0.3 is 28.6 Å². The first-order valence-electron chi connectivity index (χ1n) is 24.8. The third-order valence-electron chi connectivity index (χ3n) is 10.5. The van der Waals surface area contributed by atoms with Crippen LogP contribution in [0.25, 0.3) is 0 Å². The van der Waals surface area contributed by atoms with Gasteiger partial charge in [0.25, 0.3) is 0 Å². The minimum absolute atomic E-state index is 0.0148. The lowest BCUT2D eigenvalue weighted by molar-refractivity contribution is -0.889. The van der Waals surface area contributed by atoms with E-state index in [1.54, 1.807) is 21.1 Å². The summed E-state index contributed by atoms with van der Waals surface area (Å²) in [5.74, 6) is -1.83. The van der Waals surface area contributed by atoms with Gasteiger partial charge in [-0.2, -0.15) is 0 Å². The molecule has 0 aromatic heterocycles. The Bertz CT molecular complexity index is 1350. The minimum Gasteiger partial charge on any atom is -0.544 e. The molecule has 0 heterocycles. The highest BCUT2D eigenvalue weighted by Crippen LogP contribution is 2.14. The third kappa shape index (κ3) is 43.3. The van der Waals surface area contributed by atoms with Crippen molar-refractivity contribution in [3.63, 3.8) is 0 Å². The maximum Gasteiger partial charge on any atom is 0.306 e. The van der Waals surface area contributed by atoms with Crippen LogP contribution in [0.1, 0.15) is 181 Å². The van der Waals surface area contributed by atoms with Crippen LogP contribution in [0, 0.1) is 0 Å². The Morgan fingerprint density at radius 1 is 0.492 bits per heavy atom. The van der Waals surface area contributed by atoms with Crippen molar-refractivity contribution >= 4 is 17.9 Å². The summed E-state index contributed by atoms with van der Waals surface area (Å²) in [6.45, 7) is 4.45. The molecule has 0 saturated heterocycles. The number of hydrogen-bond acceptors (Lipinski definition) is 7. The quantitative estimate of drug-likeness (QED) is 0.0260. The van der Waals surface area contributed by atoms with Crippen molar-refractivity contribution in [3.05, 3.63) is 97.2 Å². The van der Waals surface area contributed by atoms with E-state index in [0.29, 0.717) is 12.8 Å². The SMILES string of the molecule is CC/C=C/C/C=C/C/C=C/C/C=C/C/C=C/CCCC(=O)OCC(COCCC(C(=O)[O-])[N+](C)(C)C)OC(=O)CCCCCCCCCCC/C=C/C/C=C/C/C=C/CCCCC. The Balaban J connectivity index is 4.37. The normalized spacial score (nSPS) is 13.7. The molecule has 0 aliphatic rings. The number of likely N-dealkylation sites (N-methyl/N-ethyl adjacent to an activating group) is 1. The number of aliphatic carboxylic acids is 1. The average molecular weight is 878 g/mol. The van der Waals surface area contributed by atoms with Crippen molar-refractivity contribution in [3.8, 4) is 0 Å². The summed E-state index contributed by atoms with van der Waals surface area (Å²) >= 11 is 0. The number of esters is 2. The van der Waals surface area contributed by atoms with E-state index in [1.165, 1.54) is 64.2 Å². The van der Waals surface area contributed by atoms with Crippen LogP contribution in [0.3, 0.4) is 0 Å². The summed E-state index contributed by atoms with van der Waals surface area (Å²) in [5.41, 5.74) is 0. The van der Waals surface area contributed by atoms with E-state index in [0.717, 1.165) is 77.0 Å². The van der Waals surface area contributed by atoms with Crippen molar-refractivity contribution in [1.29, 1.82) is 0 Å². The topological polar surface area (TPSA) is 102 Å². The van der Waals surface area contributed by atoms with Crippen LogP contribution in [0.15, 0.2) is 97.2 Å². The molecule has 2 atom stereocenters. The van der Waals surface area contributed by atoms with Gasteiger partial charge in [-0.3, -0.25) is 9.59 Å². The van der Waals surface area contributed by atoms with E-state index < -0.39 is 18.1 Å². The first-order valence-corrected chi connectivity index (χ1v) is 24.8. The Morgan fingerprint density at radius 2 is 0.905 bits per heavy atom. The van der Waals surface area contributed by atoms with Crippen molar-refractivity contribution in [2.75, 3.05) is 41.0 Å². The molecule has 63 heavy (non-hydrogen) atoms. The van der Waals surface area contributed by atoms with Gasteiger partial charge in [0, 0.05) is 19.3 Å². The molecule has 0 saturated carbocycles. The number of carboxylic acid groups (broad SMARTS) is 1. The lowest BCUT2D eigenvalue weighted by atomic mass is 10.1. The lowest BCUT2D eigenvalue weighted by Gasteiger charge is -2.34. The molecule has 0 fully saturated rings. The zero-order valence-corrected chi connectivity index (χ0v) is 40.7. The molecule has 2 unspecified atom stereocenters. The molecule has 0 rings (SSSR count). The largest absolute Gasteiger partial charge is 0.544 e. The highest BCUT2D eigenvalue weighted by Gasteiger charge is 2.25. The number of ether oxygens (including phenoxy) is 3. The van der Waals surface area contributed by atoms with Crippen molar-refractivity contribution in [2.24, 2.45) is 0 Å². The fourth-order valence-corrected chi connectivity index (χ4v) is 6.64. The van der Waals surface area contributed by atoms with Gasteiger partial charge in [0.05, 0.1) is 40.3 Å². The first-order chi connectivity index (χ1) is 30.6. The van der Waals surface area contributed by atoms with E-state index in [1.807, 2.05) is 0 Å². The molecular weight excluding hydrogens is 787 g/mol. The van der Waals surface area contributed by atoms with Gasteiger partial charge in [-0.1, -0.05) is 169 Å². The van der Waals surface area contributed by atoms with Crippen LogP contribution < -0.4 is 5.11 Å². The van der Waals surface area contributed by atoms with Gasteiger partial charge in [-0.05, 0) is 89.9 Å². The highest BCUT2D eigenvalue weighted by atomic mass is 16.6. The second-order valence-corrected chi connectivity index (χ2v) is 17.3. The van der Waals surface area contributed by atoms with E-state index in [-0.39, 0.29) is 49.1 Å². The average Bonchev–Trinajstić information content (AvgIpc) is 3.24. The molecule has 0 aromatic rings. The van der Waals surface area contributed by atoms with Gasteiger partial charge >= 0.3 is 11.9 Å². The van der Waals surface area contributed by atoms with Crippen molar-refractivity contribution in [2.45, 2.75) is 193 Å². The predicted molar refractivity (Wildman–Crippen MR) is 263 cm³/mol. The molecule has 0 aromatic carbocycles. The van der Waals surface area contributed by atoms with Gasteiger partial charge in [-0.15, -0.1) is 0 Å². The molecular formula is C55H91NO7. The van der Waals surface area contributed by atoms with Crippen LogP contribution in [-0.2, 0) is 28.6 Å². The second kappa shape index (κ2) is 44.8. The number of hydrogen-bond donors (Lipinski definition) is 0. The van der Waals surface area contributed by atoms with Crippen LogP contribution >= 0.6 is 0 Å². The lowest BCUT2D eigenvalue weighted by Crippen LogP contribution is -2.55. The third-order valence-corrected chi connectivity index (χ3v) is 10.5. The van der Waals surface area contributed by atoms with E-state index >= 15 is 0 Å². The number of rotatable bonds is 43. The van der Waals surface area contributed by atoms with Crippen molar-refractivity contribution < 1.29 is 38.2 Å². The molecule has 0 N–H and O–H groups in total. The molecule has 8 nitrogen and oxygen atoms in total. The molecule has 0 radical (unpaired) electrons. The zero-order valence-electron chi connectivity index (χ0n) is 40.7. The van der Waals surface area contributed by atoms with Gasteiger partial charge in [-0.25, -0.2) is 0 Å². The van der Waals surface area contributed by atoms with Crippen LogP contribution in [-0.4, -0.2) is 75.5 Å². The summed E-state index contributed by atoms with van der Waals surface area (Å²) in [5, 5.41) is 11.7.